The molecule has 0 radical (unpaired) electrons. The molecule has 6 rings (SSSR count). The largest absolute Gasteiger partial charge is 0.507 e. The number of aryl methyl sites for hydroxylation is 1. The Morgan fingerprint density at radius 2 is 1.34 bits per heavy atom. The van der Waals surface area contributed by atoms with E-state index in [1.165, 1.54) is 27.6 Å². The lowest BCUT2D eigenvalue weighted by Crippen LogP contribution is -2.22. The van der Waals surface area contributed by atoms with Crippen LogP contribution in [0, 0.1) is 6.92 Å². The second-order valence-corrected chi connectivity index (χ2v) is 15.8. The average molecular weight is 624 g/mol. The predicted molar refractivity (Wildman–Crippen MR) is 200 cm³/mol. The Labute approximate surface area is 280 Å². The fourth-order valence-corrected chi connectivity index (χ4v) is 6.63. The van der Waals surface area contributed by atoms with Crippen LogP contribution in [0.4, 0.5) is 0 Å². The molecule has 1 N–H and O–H groups in total. The average Bonchev–Trinajstić information content (AvgIpc) is 3.40. The summed E-state index contributed by atoms with van der Waals surface area (Å²) in [6.45, 7) is 24.4. The van der Waals surface area contributed by atoms with Crippen molar-refractivity contribution in [2.45, 2.75) is 99.0 Å². The van der Waals surface area contributed by atoms with Crippen molar-refractivity contribution in [1.29, 1.82) is 0 Å². The quantitative estimate of drug-likeness (QED) is 0.208. The molecule has 242 valence electrons. The second kappa shape index (κ2) is 11.7. The van der Waals surface area contributed by atoms with E-state index in [9.17, 15) is 5.11 Å². The molecule has 0 aliphatic rings. The molecule has 0 saturated carbocycles. The van der Waals surface area contributed by atoms with Crippen LogP contribution in [0.5, 0.6) is 5.75 Å². The number of aromatic nitrogens is 3. The van der Waals surface area contributed by atoms with Crippen LogP contribution < -0.4 is 0 Å². The van der Waals surface area contributed by atoms with E-state index in [0.29, 0.717) is 11.8 Å². The summed E-state index contributed by atoms with van der Waals surface area (Å²) in [4.78, 5) is 10.3. The number of hydrogen-bond acceptors (Lipinski definition) is 3. The number of imidazole rings is 1. The van der Waals surface area contributed by atoms with E-state index in [0.717, 1.165) is 50.2 Å². The monoisotopic (exact) mass is 623 g/mol. The molecule has 0 saturated heterocycles. The lowest BCUT2D eigenvalue weighted by atomic mass is 9.86. The third-order valence-corrected chi connectivity index (χ3v) is 9.46. The van der Waals surface area contributed by atoms with Gasteiger partial charge in [-0.05, 0) is 121 Å². The van der Waals surface area contributed by atoms with Gasteiger partial charge in [0, 0.05) is 28.2 Å². The van der Waals surface area contributed by atoms with Gasteiger partial charge in [0.15, 0.2) is 0 Å². The number of fused-ring (bicyclic) bond motifs is 2. The van der Waals surface area contributed by atoms with Gasteiger partial charge in [-0.2, -0.15) is 0 Å². The van der Waals surface area contributed by atoms with Crippen molar-refractivity contribution in [3.05, 3.63) is 101 Å². The van der Waals surface area contributed by atoms with E-state index in [2.05, 4.69) is 141 Å². The molecule has 0 amide bonds. The molecule has 4 heteroatoms. The van der Waals surface area contributed by atoms with Crippen molar-refractivity contribution in [1.82, 2.24) is 14.5 Å². The number of hydrogen-bond donors (Lipinski definition) is 1. The smallest absolute Gasteiger partial charge is 0.145 e. The number of phenolic OH excluding ortho intramolecular Hbond substituents is 1. The first-order valence-corrected chi connectivity index (χ1v) is 17.0. The van der Waals surface area contributed by atoms with Crippen LogP contribution in [0.1, 0.15) is 103 Å². The van der Waals surface area contributed by atoms with Crippen molar-refractivity contribution in [3.8, 4) is 39.4 Å². The molecule has 6 aromatic rings. The van der Waals surface area contributed by atoms with Gasteiger partial charge in [-0.3, -0.25) is 4.98 Å². The number of nitrogens with zero attached hydrogens (tertiary/aromatic N) is 3. The number of aromatic hydroxyl groups is 1. The van der Waals surface area contributed by atoms with Crippen LogP contribution in [-0.4, -0.2) is 19.6 Å². The Morgan fingerprint density at radius 1 is 0.681 bits per heavy atom. The summed E-state index contributed by atoms with van der Waals surface area (Å²) in [6, 6.07) is 26.1. The zero-order valence-corrected chi connectivity index (χ0v) is 29.9. The lowest BCUT2D eigenvalue weighted by molar-refractivity contribution is 0.411. The molecule has 0 bridgehead atoms. The fourth-order valence-electron chi connectivity index (χ4n) is 6.63. The SMILES string of the molecule is Cc1ccnc2c(-c3cc(-c4cccc5c4nc(-c4cc(C(C)(C)C)ccc4O)n5C(C)(C)C)cc(C(C)C)c3)cc(C(C)C)cc12. The van der Waals surface area contributed by atoms with Crippen LogP contribution in [0.15, 0.2) is 79.0 Å². The van der Waals surface area contributed by atoms with Crippen LogP contribution >= 0.6 is 0 Å². The van der Waals surface area contributed by atoms with Crippen molar-refractivity contribution in [2.24, 2.45) is 0 Å². The maximum absolute atomic E-state index is 11.2. The first-order chi connectivity index (χ1) is 22.0. The summed E-state index contributed by atoms with van der Waals surface area (Å²) in [5.41, 5.74) is 12.9. The lowest BCUT2D eigenvalue weighted by Gasteiger charge is -2.26. The first-order valence-electron chi connectivity index (χ1n) is 17.0. The van der Waals surface area contributed by atoms with E-state index in [1.807, 2.05) is 18.3 Å². The molecule has 0 aliphatic heterocycles. The van der Waals surface area contributed by atoms with Crippen molar-refractivity contribution < 1.29 is 5.11 Å². The minimum Gasteiger partial charge on any atom is -0.507 e. The second-order valence-electron chi connectivity index (χ2n) is 15.8. The van der Waals surface area contributed by atoms with Gasteiger partial charge in [-0.15, -0.1) is 0 Å². The highest BCUT2D eigenvalue weighted by Gasteiger charge is 2.27. The van der Waals surface area contributed by atoms with Gasteiger partial charge in [0.1, 0.15) is 11.6 Å². The third kappa shape index (κ3) is 5.95. The minimum absolute atomic E-state index is 0.0652. The molecule has 47 heavy (non-hydrogen) atoms. The van der Waals surface area contributed by atoms with E-state index in [1.54, 1.807) is 0 Å². The van der Waals surface area contributed by atoms with Gasteiger partial charge in [0.25, 0.3) is 0 Å². The van der Waals surface area contributed by atoms with Gasteiger partial charge >= 0.3 is 0 Å². The maximum atomic E-state index is 11.2. The Morgan fingerprint density at radius 3 is 1.98 bits per heavy atom. The maximum Gasteiger partial charge on any atom is 0.145 e. The van der Waals surface area contributed by atoms with Gasteiger partial charge < -0.3 is 9.67 Å². The topological polar surface area (TPSA) is 50.9 Å². The Kier molecular flexibility index (Phi) is 8.07. The summed E-state index contributed by atoms with van der Waals surface area (Å²) in [7, 11) is 0. The molecule has 4 nitrogen and oxygen atoms in total. The third-order valence-electron chi connectivity index (χ3n) is 9.46. The fraction of sp³-hybridized carbons (Fsp3) is 0.349. The Bertz CT molecular complexity index is 2130. The van der Waals surface area contributed by atoms with E-state index < -0.39 is 0 Å². The van der Waals surface area contributed by atoms with Crippen LogP contribution in [0.3, 0.4) is 0 Å². The van der Waals surface area contributed by atoms with Crippen molar-refractivity contribution in [3.63, 3.8) is 0 Å². The summed E-state index contributed by atoms with van der Waals surface area (Å²) in [5, 5.41) is 12.4. The first kappa shape index (κ1) is 32.5. The number of para-hydroxylation sites is 1. The summed E-state index contributed by atoms with van der Waals surface area (Å²) >= 11 is 0. The van der Waals surface area contributed by atoms with Crippen LogP contribution in [0.25, 0.3) is 55.6 Å². The Balaban J connectivity index is 1.65. The number of rotatable bonds is 5. The van der Waals surface area contributed by atoms with Gasteiger partial charge in [0.2, 0.25) is 0 Å². The van der Waals surface area contributed by atoms with E-state index in [-0.39, 0.29) is 16.7 Å². The molecule has 0 unspecified atom stereocenters. The molecule has 0 fully saturated rings. The highest BCUT2D eigenvalue weighted by Crippen LogP contribution is 2.42. The highest BCUT2D eigenvalue weighted by atomic mass is 16.3. The van der Waals surface area contributed by atoms with Crippen molar-refractivity contribution in [2.75, 3.05) is 0 Å². The molecule has 2 heterocycles. The Hall–Kier alpha value is -4.44. The van der Waals surface area contributed by atoms with Crippen LogP contribution in [0.2, 0.25) is 0 Å². The number of pyridine rings is 1. The predicted octanol–water partition coefficient (Wildman–Crippen LogP) is 11.9. The zero-order chi connectivity index (χ0) is 34.0. The van der Waals surface area contributed by atoms with E-state index in [4.69, 9.17) is 9.97 Å². The normalized spacial score (nSPS) is 12.6. The molecular formula is C43H49N3O. The van der Waals surface area contributed by atoms with Gasteiger partial charge in [-0.1, -0.05) is 78.8 Å². The minimum atomic E-state index is -0.280. The summed E-state index contributed by atoms with van der Waals surface area (Å²) < 4.78 is 2.28. The number of phenols is 1. The molecular weight excluding hydrogens is 574 g/mol. The zero-order valence-electron chi connectivity index (χ0n) is 29.9. The van der Waals surface area contributed by atoms with Crippen molar-refractivity contribution >= 4 is 21.9 Å². The van der Waals surface area contributed by atoms with E-state index >= 15 is 0 Å². The van der Waals surface area contributed by atoms with Gasteiger partial charge in [0.05, 0.1) is 22.1 Å². The number of benzene rings is 4. The summed E-state index contributed by atoms with van der Waals surface area (Å²) in [6.07, 6.45) is 1.93. The summed E-state index contributed by atoms with van der Waals surface area (Å²) in [5.74, 6) is 1.75. The van der Waals surface area contributed by atoms with Gasteiger partial charge in [-0.25, -0.2) is 4.98 Å². The highest BCUT2D eigenvalue weighted by molar-refractivity contribution is 5.99. The van der Waals surface area contributed by atoms with Crippen LogP contribution in [-0.2, 0) is 11.0 Å². The molecule has 2 aromatic heterocycles. The molecule has 0 atom stereocenters. The standard InChI is InChI=1S/C43H49N3O/c1-25(2)28-19-30(21-31(20-28)35-23-29(26(3)4)22-34-27(5)17-18-44-39(34)35)33-13-12-14-37-40(33)45-41(46(37)43(9,10)11)36-24-32(42(6,7)8)15-16-38(36)47/h12-26,47H,1-11H3. The molecule has 4 aromatic carbocycles. The molecule has 0 spiro atoms. The molecule has 0 aliphatic carbocycles.